The van der Waals surface area contributed by atoms with Crippen LogP contribution < -0.4 is 15.0 Å². The molecule has 0 bridgehead atoms. The maximum absolute atomic E-state index is 12.0. The topological polar surface area (TPSA) is 58.6 Å². The van der Waals surface area contributed by atoms with Gasteiger partial charge in [-0.3, -0.25) is 9.59 Å². The Kier molecular flexibility index (Phi) is 6.18. The monoisotopic (exact) mass is 406 g/mol. The van der Waals surface area contributed by atoms with Crippen molar-refractivity contribution in [1.82, 2.24) is 5.32 Å². The van der Waals surface area contributed by atoms with Crippen LogP contribution in [0.25, 0.3) is 0 Å². The van der Waals surface area contributed by atoms with Gasteiger partial charge in [0, 0.05) is 37.6 Å². The van der Waals surface area contributed by atoms with Crippen LogP contribution in [0.1, 0.15) is 53.6 Å². The van der Waals surface area contributed by atoms with E-state index in [1.54, 1.807) is 18.9 Å². The number of ketones is 1. The van der Waals surface area contributed by atoms with E-state index in [2.05, 4.69) is 17.4 Å². The molecule has 1 fully saturated rings. The Morgan fingerprint density at radius 2 is 1.87 bits per heavy atom. The molecule has 4 rings (SSSR count). The normalized spacial score (nSPS) is 21.1. The number of anilines is 1. The van der Waals surface area contributed by atoms with E-state index >= 15 is 0 Å². The molecule has 1 saturated heterocycles. The lowest BCUT2D eigenvalue weighted by Gasteiger charge is -2.26. The van der Waals surface area contributed by atoms with Crippen molar-refractivity contribution in [3.63, 3.8) is 0 Å². The van der Waals surface area contributed by atoms with Crippen LogP contribution in [0.2, 0.25) is 0 Å². The van der Waals surface area contributed by atoms with Gasteiger partial charge in [0.25, 0.3) is 0 Å². The first kappa shape index (κ1) is 20.6. The average molecular weight is 407 g/mol. The summed E-state index contributed by atoms with van der Waals surface area (Å²) in [4.78, 5) is 25.3. The van der Waals surface area contributed by atoms with Crippen LogP contribution in [-0.4, -0.2) is 38.4 Å². The Morgan fingerprint density at radius 1 is 1.10 bits per heavy atom. The van der Waals surface area contributed by atoms with E-state index in [1.807, 2.05) is 30.3 Å². The Hall–Kier alpha value is -2.66. The number of hydrogen-bond donors (Lipinski definition) is 1. The molecule has 0 radical (unpaired) electrons. The van der Waals surface area contributed by atoms with Crippen molar-refractivity contribution in [3.05, 3.63) is 59.2 Å². The lowest BCUT2D eigenvalue weighted by atomic mass is 9.83. The van der Waals surface area contributed by atoms with E-state index in [1.165, 1.54) is 5.56 Å². The van der Waals surface area contributed by atoms with Gasteiger partial charge in [0.1, 0.15) is 5.75 Å². The van der Waals surface area contributed by atoms with Gasteiger partial charge in [-0.2, -0.15) is 0 Å². The smallest absolute Gasteiger partial charge is 0.223 e. The molecule has 0 aromatic heterocycles. The Bertz CT molecular complexity index is 922. The summed E-state index contributed by atoms with van der Waals surface area (Å²) in [5, 5.41) is 3.51. The number of rotatable bonds is 5. The highest BCUT2D eigenvalue weighted by Crippen LogP contribution is 2.34. The third-order valence-corrected chi connectivity index (χ3v) is 6.54. The summed E-state index contributed by atoms with van der Waals surface area (Å²) in [5.41, 5.74) is 4.17. The van der Waals surface area contributed by atoms with Crippen LogP contribution in [0.3, 0.4) is 0 Å². The highest BCUT2D eigenvalue weighted by Gasteiger charge is 2.26. The van der Waals surface area contributed by atoms with Gasteiger partial charge in [-0.05, 0) is 73.7 Å². The van der Waals surface area contributed by atoms with Gasteiger partial charge in [0.05, 0.1) is 6.61 Å². The van der Waals surface area contributed by atoms with Gasteiger partial charge in [0.15, 0.2) is 5.78 Å². The minimum Gasteiger partial charge on any atom is -0.493 e. The van der Waals surface area contributed by atoms with E-state index < -0.39 is 0 Å². The predicted octanol–water partition coefficient (Wildman–Crippen LogP) is 3.96. The minimum absolute atomic E-state index is 0.0283. The van der Waals surface area contributed by atoms with Crippen molar-refractivity contribution in [2.45, 2.75) is 38.5 Å². The lowest BCUT2D eigenvalue weighted by Crippen LogP contribution is -2.23. The predicted molar refractivity (Wildman–Crippen MR) is 118 cm³/mol. The zero-order valence-corrected chi connectivity index (χ0v) is 17.8. The molecule has 2 aromatic carbocycles. The molecule has 2 atom stereocenters. The van der Waals surface area contributed by atoms with Crippen molar-refractivity contribution in [3.8, 4) is 5.75 Å². The van der Waals surface area contributed by atoms with E-state index in [0.29, 0.717) is 24.9 Å². The van der Waals surface area contributed by atoms with Crippen LogP contribution in [0, 0.1) is 5.92 Å². The number of carbonyl (C=O) groups is 2. The summed E-state index contributed by atoms with van der Waals surface area (Å²) in [6.45, 7) is 4.18. The summed E-state index contributed by atoms with van der Waals surface area (Å²) < 4.78 is 6.19. The number of aryl methyl sites for hydroxylation is 1. The Balaban J connectivity index is 1.47. The third-order valence-electron chi connectivity index (χ3n) is 6.54. The SMILES string of the molecule is CC(=O)N(C)c1ccc([C@@H]2CCNCC[C@H]2COc2ccc3c(c2)C(=O)CC3)cc1. The first-order chi connectivity index (χ1) is 14.5. The number of hydrogen-bond acceptors (Lipinski definition) is 4. The molecule has 0 unspecified atom stereocenters. The van der Waals surface area contributed by atoms with Crippen LogP contribution in [0.5, 0.6) is 5.75 Å². The summed E-state index contributed by atoms with van der Waals surface area (Å²) in [6.07, 6.45) is 3.56. The van der Waals surface area contributed by atoms with Gasteiger partial charge in [-0.25, -0.2) is 0 Å². The van der Waals surface area contributed by atoms with Crippen LogP contribution in [0.15, 0.2) is 42.5 Å². The highest BCUT2D eigenvalue weighted by atomic mass is 16.5. The molecule has 2 aromatic rings. The van der Waals surface area contributed by atoms with Crippen LogP contribution >= 0.6 is 0 Å². The Labute approximate surface area is 178 Å². The van der Waals surface area contributed by atoms with Gasteiger partial charge in [-0.15, -0.1) is 0 Å². The number of nitrogens with one attached hydrogen (secondary N) is 1. The molecule has 30 heavy (non-hydrogen) atoms. The fourth-order valence-electron chi connectivity index (χ4n) is 4.58. The van der Waals surface area contributed by atoms with Crippen molar-refractivity contribution in [2.75, 3.05) is 31.6 Å². The van der Waals surface area contributed by atoms with Gasteiger partial charge in [-0.1, -0.05) is 18.2 Å². The molecule has 1 aliphatic carbocycles. The second-order valence-electron chi connectivity index (χ2n) is 8.42. The molecule has 0 spiro atoms. The molecule has 2 aliphatic rings. The average Bonchev–Trinajstić information content (AvgIpc) is 2.97. The zero-order chi connectivity index (χ0) is 21.1. The molecular formula is C25H30N2O3. The van der Waals surface area contributed by atoms with Crippen molar-refractivity contribution >= 4 is 17.4 Å². The largest absolute Gasteiger partial charge is 0.493 e. The van der Waals surface area contributed by atoms with Crippen molar-refractivity contribution < 1.29 is 14.3 Å². The molecule has 5 heteroatoms. The lowest BCUT2D eigenvalue weighted by molar-refractivity contribution is -0.116. The summed E-state index contributed by atoms with van der Waals surface area (Å²) >= 11 is 0. The molecule has 1 aliphatic heterocycles. The van der Waals surface area contributed by atoms with E-state index in [4.69, 9.17) is 4.74 Å². The summed E-state index contributed by atoms with van der Waals surface area (Å²) in [6, 6.07) is 14.3. The standard InChI is InChI=1S/C25H30N2O3/c1-17(28)27(2)21-7-3-18(4-8-21)23-12-14-26-13-11-20(23)16-30-22-9-5-19-6-10-25(29)24(19)15-22/h3-5,7-9,15,20,23,26H,6,10-14,16H2,1-2H3/t20-,23-/m0/s1. The molecular weight excluding hydrogens is 376 g/mol. The highest BCUT2D eigenvalue weighted by molar-refractivity contribution is 6.00. The second-order valence-corrected chi connectivity index (χ2v) is 8.42. The molecule has 5 nitrogen and oxygen atoms in total. The molecule has 0 saturated carbocycles. The zero-order valence-electron chi connectivity index (χ0n) is 17.8. The number of benzene rings is 2. The number of Topliss-reactive ketones (excluding diaryl/α,β-unsaturated/α-hetero) is 1. The second kappa shape index (κ2) is 9.00. The number of ether oxygens (including phenoxy) is 1. The molecule has 1 amide bonds. The first-order valence-electron chi connectivity index (χ1n) is 10.9. The summed E-state index contributed by atoms with van der Waals surface area (Å²) in [7, 11) is 1.80. The molecule has 1 N–H and O–H groups in total. The van der Waals surface area contributed by atoms with Gasteiger partial charge >= 0.3 is 0 Å². The van der Waals surface area contributed by atoms with E-state index in [9.17, 15) is 9.59 Å². The number of amides is 1. The van der Waals surface area contributed by atoms with E-state index in [-0.39, 0.29) is 11.7 Å². The molecule has 1 heterocycles. The van der Waals surface area contributed by atoms with Crippen LogP contribution in [0.4, 0.5) is 5.69 Å². The van der Waals surface area contributed by atoms with Crippen molar-refractivity contribution in [2.24, 2.45) is 5.92 Å². The number of carbonyl (C=O) groups excluding carboxylic acids is 2. The van der Waals surface area contributed by atoms with Crippen molar-refractivity contribution in [1.29, 1.82) is 0 Å². The number of nitrogens with zero attached hydrogens (tertiary/aromatic N) is 1. The van der Waals surface area contributed by atoms with E-state index in [0.717, 1.165) is 54.9 Å². The molecule has 158 valence electrons. The van der Waals surface area contributed by atoms with Gasteiger partial charge < -0.3 is 15.0 Å². The minimum atomic E-state index is 0.0283. The van der Waals surface area contributed by atoms with Crippen LogP contribution in [-0.2, 0) is 11.2 Å². The maximum atomic E-state index is 12.0. The first-order valence-corrected chi connectivity index (χ1v) is 10.9. The number of fused-ring (bicyclic) bond motifs is 1. The summed E-state index contributed by atoms with van der Waals surface area (Å²) in [5.74, 6) is 1.83. The third kappa shape index (κ3) is 4.41. The Morgan fingerprint density at radius 3 is 2.63 bits per heavy atom. The fraction of sp³-hybridized carbons (Fsp3) is 0.440. The maximum Gasteiger partial charge on any atom is 0.223 e. The fourth-order valence-corrected chi connectivity index (χ4v) is 4.58. The van der Waals surface area contributed by atoms with Gasteiger partial charge in [0.2, 0.25) is 5.91 Å². The quantitative estimate of drug-likeness (QED) is 0.817.